The van der Waals surface area contributed by atoms with E-state index in [2.05, 4.69) is 0 Å². The number of rotatable bonds is 6. The molecule has 0 rings (SSSR count). The summed E-state index contributed by atoms with van der Waals surface area (Å²) in [7, 11) is 1.61. The molecular formula is C7H15NO3. The third-order valence-corrected chi connectivity index (χ3v) is 1.10. The molecule has 0 aliphatic heterocycles. The zero-order valence-corrected chi connectivity index (χ0v) is 6.84. The van der Waals surface area contributed by atoms with Crippen molar-refractivity contribution in [1.82, 2.24) is 0 Å². The van der Waals surface area contributed by atoms with Crippen LogP contribution >= 0.6 is 0 Å². The lowest BCUT2D eigenvalue weighted by molar-refractivity contribution is -0.143. The van der Waals surface area contributed by atoms with Gasteiger partial charge in [0.1, 0.15) is 0 Å². The van der Waals surface area contributed by atoms with Gasteiger partial charge in [0.15, 0.2) is 0 Å². The van der Waals surface area contributed by atoms with Crippen LogP contribution in [0.2, 0.25) is 0 Å². The quantitative estimate of drug-likeness (QED) is 0.437. The van der Waals surface area contributed by atoms with Crippen molar-refractivity contribution in [2.75, 3.05) is 26.9 Å². The second-order valence-electron chi connectivity index (χ2n) is 2.11. The van der Waals surface area contributed by atoms with Gasteiger partial charge in [0.05, 0.1) is 13.0 Å². The van der Waals surface area contributed by atoms with E-state index in [1.54, 1.807) is 7.11 Å². The average molecular weight is 161 g/mol. The van der Waals surface area contributed by atoms with Crippen LogP contribution in [0, 0.1) is 0 Å². The largest absolute Gasteiger partial charge is 0.466 e. The molecule has 0 saturated heterocycles. The fourth-order valence-corrected chi connectivity index (χ4v) is 0.579. The first-order valence-electron chi connectivity index (χ1n) is 3.66. The smallest absolute Gasteiger partial charge is 0.307 e. The first kappa shape index (κ1) is 10.4. The number of esters is 1. The molecule has 0 amide bonds. The van der Waals surface area contributed by atoms with E-state index < -0.39 is 0 Å². The van der Waals surface area contributed by atoms with Crippen molar-refractivity contribution in [3.63, 3.8) is 0 Å². The van der Waals surface area contributed by atoms with Crippen LogP contribution in [0.3, 0.4) is 0 Å². The van der Waals surface area contributed by atoms with Gasteiger partial charge >= 0.3 is 5.97 Å². The van der Waals surface area contributed by atoms with E-state index in [9.17, 15) is 4.79 Å². The predicted molar refractivity (Wildman–Crippen MR) is 41.1 cm³/mol. The number of nitrogens with two attached hydrogens (primary N) is 1. The molecule has 11 heavy (non-hydrogen) atoms. The van der Waals surface area contributed by atoms with Crippen molar-refractivity contribution in [2.45, 2.75) is 12.8 Å². The summed E-state index contributed by atoms with van der Waals surface area (Å²) in [5, 5.41) is 0. The highest BCUT2D eigenvalue weighted by Gasteiger charge is 1.98. The first-order chi connectivity index (χ1) is 5.31. The van der Waals surface area contributed by atoms with Gasteiger partial charge in [-0.2, -0.15) is 0 Å². The molecule has 66 valence electrons. The van der Waals surface area contributed by atoms with Crippen LogP contribution in [0.5, 0.6) is 0 Å². The molecule has 4 heteroatoms. The van der Waals surface area contributed by atoms with Gasteiger partial charge in [-0.25, -0.2) is 0 Å². The predicted octanol–water partition coefficient (Wildman–Crippen LogP) is -0.0851. The van der Waals surface area contributed by atoms with Gasteiger partial charge in [0, 0.05) is 26.7 Å². The van der Waals surface area contributed by atoms with Crippen LogP contribution in [0.25, 0.3) is 0 Å². The monoisotopic (exact) mass is 161 g/mol. The molecule has 0 heterocycles. The minimum Gasteiger partial charge on any atom is -0.466 e. The van der Waals surface area contributed by atoms with E-state index in [1.165, 1.54) is 0 Å². The maximum Gasteiger partial charge on any atom is 0.307 e. The minimum absolute atomic E-state index is 0.233. The standard InChI is InChI=1S/C7H15NO3/c1-10-5-2-6-11-7(9)3-4-8/h2-6,8H2,1H3. The topological polar surface area (TPSA) is 61.5 Å². The lowest BCUT2D eigenvalue weighted by atomic mass is 10.4. The van der Waals surface area contributed by atoms with Crippen LogP contribution in [-0.4, -0.2) is 32.8 Å². The Labute approximate surface area is 66.7 Å². The molecule has 0 aliphatic carbocycles. The highest BCUT2D eigenvalue weighted by molar-refractivity contribution is 5.69. The number of hydrogen-bond donors (Lipinski definition) is 1. The Kier molecular flexibility index (Phi) is 7.08. The van der Waals surface area contributed by atoms with Gasteiger partial charge in [0.2, 0.25) is 0 Å². The van der Waals surface area contributed by atoms with Crippen LogP contribution in [-0.2, 0) is 14.3 Å². The first-order valence-corrected chi connectivity index (χ1v) is 3.66. The fraction of sp³-hybridized carbons (Fsp3) is 0.857. The van der Waals surface area contributed by atoms with Gasteiger partial charge in [-0.15, -0.1) is 0 Å². The summed E-state index contributed by atoms with van der Waals surface area (Å²) in [6, 6.07) is 0. The normalized spacial score (nSPS) is 9.64. The van der Waals surface area contributed by atoms with Crippen LogP contribution in [0.1, 0.15) is 12.8 Å². The molecule has 0 spiro atoms. The van der Waals surface area contributed by atoms with Gasteiger partial charge in [0.25, 0.3) is 0 Å². The van der Waals surface area contributed by atoms with Crippen molar-refractivity contribution in [1.29, 1.82) is 0 Å². The molecule has 0 aromatic heterocycles. The second-order valence-corrected chi connectivity index (χ2v) is 2.11. The number of ether oxygens (including phenoxy) is 2. The van der Waals surface area contributed by atoms with Gasteiger partial charge < -0.3 is 15.2 Å². The SMILES string of the molecule is COCCCOC(=O)CCN. The molecule has 0 aliphatic rings. The molecule has 2 N–H and O–H groups in total. The van der Waals surface area contributed by atoms with Crippen molar-refractivity contribution in [2.24, 2.45) is 5.73 Å². The van der Waals surface area contributed by atoms with Crippen LogP contribution in [0.15, 0.2) is 0 Å². The van der Waals surface area contributed by atoms with E-state index in [-0.39, 0.29) is 5.97 Å². The molecule has 0 saturated carbocycles. The van der Waals surface area contributed by atoms with Gasteiger partial charge in [-0.05, 0) is 0 Å². The second kappa shape index (κ2) is 7.50. The molecule has 4 nitrogen and oxygen atoms in total. The molecule has 0 atom stereocenters. The molecule has 0 radical (unpaired) electrons. The number of hydrogen-bond acceptors (Lipinski definition) is 4. The van der Waals surface area contributed by atoms with E-state index in [0.29, 0.717) is 26.2 Å². The molecular weight excluding hydrogens is 146 g/mol. The zero-order chi connectivity index (χ0) is 8.53. The highest BCUT2D eigenvalue weighted by atomic mass is 16.5. The van der Waals surface area contributed by atoms with Crippen molar-refractivity contribution in [3.8, 4) is 0 Å². The third-order valence-electron chi connectivity index (χ3n) is 1.10. The molecule has 0 fully saturated rings. The Bertz CT molecular complexity index is 106. The molecule has 0 bridgehead atoms. The summed E-state index contributed by atoms with van der Waals surface area (Å²) in [5.41, 5.74) is 5.13. The zero-order valence-electron chi connectivity index (χ0n) is 6.84. The van der Waals surface area contributed by atoms with Crippen LogP contribution < -0.4 is 5.73 Å². The summed E-state index contributed by atoms with van der Waals surface area (Å²) in [6.45, 7) is 1.39. The van der Waals surface area contributed by atoms with E-state index in [0.717, 1.165) is 6.42 Å². The van der Waals surface area contributed by atoms with E-state index >= 15 is 0 Å². The maximum atomic E-state index is 10.7. The number of methoxy groups -OCH3 is 1. The summed E-state index contributed by atoms with van der Waals surface area (Å²) >= 11 is 0. The highest BCUT2D eigenvalue weighted by Crippen LogP contribution is 1.87. The molecule has 0 unspecified atom stereocenters. The Morgan fingerprint density at radius 3 is 2.73 bits per heavy atom. The maximum absolute atomic E-state index is 10.7. The Morgan fingerprint density at radius 1 is 1.45 bits per heavy atom. The Morgan fingerprint density at radius 2 is 2.18 bits per heavy atom. The van der Waals surface area contributed by atoms with Gasteiger partial charge in [-0.1, -0.05) is 0 Å². The third kappa shape index (κ3) is 7.29. The summed E-state index contributed by atoms with van der Waals surface area (Å²) < 4.78 is 9.55. The van der Waals surface area contributed by atoms with Crippen molar-refractivity contribution < 1.29 is 14.3 Å². The Balaban J connectivity index is 3.04. The lowest BCUT2D eigenvalue weighted by Crippen LogP contribution is -2.12. The minimum atomic E-state index is -0.233. The molecule has 0 aromatic rings. The molecule has 0 aromatic carbocycles. The van der Waals surface area contributed by atoms with Crippen molar-refractivity contribution in [3.05, 3.63) is 0 Å². The summed E-state index contributed by atoms with van der Waals surface area (Å²) in [4.78, 5) is 10.7. The van der Waals surface area contributed by atoms with Gasteiger partial charge in [-0.3, -0.25) is 4.79 Å². The Hall–Kier alpha value is -0.610. The fourth-order valence-electron chi connectivity index (χ4n) is 0.579. The average Bonchev–Trinajstić information content (AvgIpc) is 1.99. The van der Waals surface area contributed by atoms with Crippen LogP contribution in [0.4, 0.5) is 0 Å². The summed E-state index contributed by atoms with van der Waals surface area (Å²) in [6.07, 6.45) is 1.04. The van der Waals surface area contributed by atoms with Crippen molar-refractivity contribution >= 4 is 5.97 Å². The lowest BCUT2D eigenvalue weighted by Gasteiger charge is -2.02. The number of carbonyl (C=O) groups excluding carboxylic acids is 1. The number of carbonyl (C=O) groups is 1. The summed E-state index contributed by atoms with van der Waals surface area (Å²) in [5.74, 6) is -0.233. The van der Waals surface area contributed by atoms with E-state index in [4.69, 9.17) is 15.2 Å². The van der Waals surface area contributed by atoms with E-state index in [1.807, 2.05) is 0 Å².